The zero-order valence-corrected chi connectivity index (χ0v) is 9.88. The summed E-state index contributed by atoms with van der Waals surface area (Å²) < 4.78 is 5.81. The fourth-order valence-corrected chi connectivity index (χ4v) is 2.03. The molecule has 0 heterocycles. The average molecular weight is 210 g/mol. The van der Waals surface area contributed by atoms with E-state index in [9.17, 15) is 0 Å². The fourth-order valence-electron chi connectivity index (χ4n) is 2.03. The third kappa shape index (κ3) is 4.19. The molecule has 86 valence electrons. The molecular weight excluding hydrogens is 188 g/mol. The molecule has 0 radical (unpaired) electrons. The lowest BCUT2D eigenvalue weighted by molar-refractivity contribution is 0.00674. The smallest absolute Gasteiger partial charge is 0.127 e. The number of hydrogen-bond donors (Lipinski definition) is 1. The standard InChI is InChI=1S/C12H22N2O/c1-3-14-12(2,9-13)10-15-11-7-5-4-6-8-11/h11,14H,3-8,10H2,1-2H3. The number of likely N-dealkylation sites (N-methyl/N-ethyl adjacent to an activating group) is 1. The van der Waals surface area contributed by atoms with Gasteiger partial charge in [0, 0.05) is 0 Å². The van der Waals surface area contributed by atoms with E-state index in [1.165, 1.54) is 19.3 Å². The molecule has 0 saturated heterocycles. The largest absolute Gasteiger partial charge is 0.375 e. The molecule has 3 heteroatoms. The Morgan fingerprint density at radius 1 is 1.40 bits per heavy atom. The van der Waals surface area contributed by atoms with Crippen LogP contribution in [0.25, 0.3) is 0 Å². The van der Waals surface area contributed by atoms with Gasteiger partial charge in [0.15, 0.2) is 0 Å². The van der Waals surface area contributed by atoms with Crippen LogP contribution in [0, 0.1) is 11.3 Å². The van der Waals surface area contributed by atoms with E-state index in [2.05, 4.69) is 11.4 Å². The minimum Gasteiger partial charge on any atom is -0.375 e. The minimum absolute atomic E-state index is 0.380. The third-order valence-corrected chi connectivity index (χ3v) is 2.97. The predicted octanol–water partition coefficient (Wildman–Crippen LogP) is 2.23. The highest BCUT2D eigenvalue weighted by Gasteiger charge is 2.25. The molecule has 15 heavy (non-hydrogen) atoms. The molecule has 1 atom stereocenters. The summed E-state index contributed by atoms with van der Waals surface area (Å²) in [5.41, 5.74) is -0.522. The number of nitriles is 1. The van der Waals surface area contributed by atoms with Gasteiger partial charge in [-0.15, -0.1) is 0 Å². The van der Waals surface area contributed by atoms with Gasteiger partial charge in [-0.05, 0) is 26.3 Å². The second-order valence-electron chi connectivity index (χ2n) is 4.55. The van der Waals surface area contributed by atoms with Gasteiger partial charge in [0.1, 0.15) is 5.54 Å². The summed E-state index contributed by atoms with van der Waals surface area (Å²) in [6.45, 7) is 5.22. The van der Waals surface area contributed by atoms with Crippen molar-refractivity contribution >= 4 is 0 Å². The normalized spacial score (nSPS) is 21.9. The Morgan fingerprint density at radius 3 is 2.60 bits per heavy atom. The molecule has 3 nitrogen and oxygen atoms in total. The first-order valence-electron chi connectivity index (χ1n) is 5.98. The fraction of sp³-hybridized carbons (Fsp3) is 0.917. The number of nitrogens with zero attached hydrogens (tertiary/aromatic N) is 1. The summed E-state index contributed by atoms with van der Waals surface area (Å²) in [5.74, 6) is 0. The van der Waals surface area contributed by atoms with Crippen molar-refractivity contribution in [2.45, 2.75) is 57.6 Å². The van der Waals surface area contributed by atoms with Crippen molar-refractivity contribution in [3.05, 3.63) is 0 Å². The Kier molecular flexibility index (Phi) is 5.07. The molecule has 1 aliphatic rings. The van der Waals surface area contributed by atoms with E-state index in [0.717, 1.165) is 19.4 Å². The number of ether oxygens (including phenoxy) is 1. The first-order chi connectivity index (χ1) is 7.20. The SMILES string of the molecule is CCNC(C)(C#N)COC1CCCCC1. The Labute approximate surface area is 92.8 Å². The van der Waals surface area contributed by atoms with Gasteiger partial charge >= 0.3 is 0 Å². The molecule has 0 aromatic carbocycles. The summed E-state index contributed by atoms with van der Waals surface area (Å²) in [7, 11) is 0. The number of nitrogens with one attached hydrogen (secondary N) is 1. The van der Waals surface area contributed by atoms with Gasteiger partial charge in [0.25, 0.3) is 0 Å². The molecule has 0 aromatic heterocycles. The van der Waals surface area contributed by atoms with Crippen molar-refractivity contribution in [2.24, 2.45) is 0 Å². The van der Waals surface area contributed by atoms with Gasteiger partial charge in [-0.3, -0.25) is 5.32 Å². The Bertz CT molecular complexity index is 218. The van der Waals surface area contributed by atoms with Crippen LogP contribution in [0.3, 0.4) is 0 Å². The highest BCUT2D eigenvalue weighted by atomic mass is 16.5. The molecule has 1 saturated carbocycles. The van der Waals surface area contributed by atoms with Crippen LogP contribution >= 0.6 is 0 Å². The molecule has 1 rings (SSSR count). The van der Waals surface area contributed by atoms with Crippen LogP contribution in [0.1, 0.15) is 46.0 Å². The molecule has 0 aromatic rings. The predicted molar refractivity (Wildman–Crippen MR) is 60.5 cm³/mol. The lowest BCUT2D eigenvalue weighted by Gasteiger charge is -2.28. The Balaban J connectivity index is 2.30. The monoisotopic (exact) mass is 210 g/mol. The first kappa shape index (κ1) is 12.5. The van der Waals surface area contributed by atoms with Crippen LogP contribution in [0.4, 0.5) is 0 Å². The van der Waals surface area contributed by atoms with Crippen molar-refractivity contribution in [2.75, 3.05) is 13.2 Å². The van der Waals surface area contributed by atoms with Crippen LogP contribution in [0.15, 0.2) is 0 Å². The average Bonchev–Trinajstić information content (AvgIpc) is 2.28. The van der Waals surface area contributed by atoms with Crippen molar-refractivity contribution in [1.29, 1.82) is 5.26 Å². The van der Waals surface area contributed by atoms with E-state index in [1.807, 2.05) is 13.8 Å². The second-order valence-corrected chi connectivity index (χ2v) is 4.55. The maximum absolute atomic E-state index is 9.05. The summed E-state index contributed by atoms with van der Waals surface area (Å²) in [6.07, 6.45) is 6.58. The lowest BCUT2D eigenvalue weighted by Crippen LogP contribution is -2.46. The van der Waals surface area contributed by atoms with E-state index in [1.54, 1.807) is 0 Å². The quantitative estimate of drug-likeness (QED) is 0.756. The van der Waals surface area contributed by atoms with Gasteiger partial charge in [-0.1, -0.05) is 26.2 Å². The minimum atomic E-state index is -0.522. The van der Waals surface area contributed by atoms with Crippen molar-refractivity contribution in [3.8, 4) is 6.07 Å². The maximum Gasteiger partial charge on any atom is 0.127 e. The Morgan fingerprint density at radius 2 is 2.07 bits per heavy atom. The zero-order chi connectivity index (χ0) is 11.1. The lowest BCUT2D eigenvalue weighted by atomic mass is 9.97. The summed E-state index contributed by atoms with van der Waals surface area (Å²) in [4.78, 5) is 0. The van der Waals surface area contributed by atoms with Gasteiger partial charge in [-0.2, -0.15) is 5.26 Å². The number of rotatable bonds is 5. The van der Waals surface area contributed by atoms with Crippen molar-refractivity contribution < 1.29 is 4.74 Å². The summed E-state index contributed by atoms with van der Waals surface area (Å²) in [6, 6.07) is 2.28. The third-order valence-electron chi connectivity index (χ3n) is 2.97. The van der Waals surface area contributed by atoms with E-state index in [4.69, 9.17) is 10.00 Å². The molecule has 1 aliphatic carbocycles. The van der Waals surface area contributed by atoms with Gasteiger partial charge in [0.05, 0.1) is 18.8 Å². The topological polar surface area (TPSA) is 45.0 Å². The first-order valence-corrected chi connectivity index (χ1v) is 5.98. The second kappa shape index (κ2) is 6.09. The highest BCUT2D eigenvalue weighted by Crippen LogP contribution is 2.21. The molecule has 1 unspecified atom stereocenters. The van der Waals surface area contributed by atoms with Crippen LogP contribution in [0.2, 0.25) is 0 Å². The van der Waals surface area contributed by atoms with Gasteiger partial charge in [0.2, 0.25) is 0 Å². The molecule has 0 aliphatic heterocycles. The number of hydrogen-bond acceptors (Lipinski definition) is 3. The Hall–Kier alpha value is -0.590. The molecule has 1 fully saturated rings. The molecule has 0 bridgehead atoms. The van der Waals surface area contributed by atoms with Gasteiger partial charge in [-0.25, -0.2) is 0 Å². The van der Waals surface area contributed by atoms with E-state index in [0.29, 0.717) is 12.7 Å². The molecule has 1 N–H and O–H groups in total. The summed E-state index contributed by atoms with van der Waals surface area (Å²) in [5, 5.41) is 12.2. The zero-order valence-electron chi connectivity index (χ0n) is 9.88. The molecule has 0 spiro atoms. The van der Waals surface area contributed by atoms with Crippen LogP contribution in [-0.4, -0.2) is 24.8 Å². The van der Waals surface area contributed by atoms with Crippen molar-refractivity contribution in [1.82, 2.24) is 5.32 Å². The van der Waals surface area contributed by atoms with E-state index < -0.39 is 5.54 Å². The van der Waals surface area contributed by atoms with E-state index >= 15 is 0 Å². The van der Waals surface area contributed by atoms with Crippen LogP contribution < -0.4 is 5.32 Å². The summed E-state index contributed by atoms with van der Waals surface area (Å²) >= 11 is 0. The van der Waals surface area contributed by atoms with Crippen molar-refractivity contribution in [3.63, 3.8) is 0 Å². The van der Waals surface area contributed by atoms with Crippen LogP contribution in [-0.2, 0) is 4.74 Å². The van der Waals surface area contributed by atoms with Crippen LogP contribution in [0.5, 0.6) is 0 Å². The van der Waals surface area contributed by atoms with Gasteiger partial charge < -0.3 is 4.74 Å². The highest BCUT2D eigenvalue weighted by molar-refractivity contribution is 5.03. The molecule has 0 amide bonds. The van der Waals surface area contributed by atoms with E-state index in [-0.39, 0.29) is 0 Å². The molecular formula is C12H22N2O. The maximum atomic E-state index is 9.05.